The molecule has 68 valence electrons. The van der Waals surface area contributed by atoms with Gasteiger partial charge in [-0.25, -0.2) is 0 Å². The third-order valence-corrected chi connectivity index (χ3v) is 2.12. The van der Waals surface area contributed by atoms with E-state index < -0.39 is 0 Å². The van der Waals surface area contributed by atoms with Crippen LogP contribution in [-0.4, -0.2) is 20.5 Å². The summed E-state index contributed by atoms with van der Waals surface area (Å²) in [7, 11) is 0. The molecule has 4 heteroatoms. The van der Waals surface area contributed by atoms with Gasteiger partial charge in [-0.3, -0.25) is 5.10 Å². The summed E-state index contributed by atoms with van der Waals surface area (Å²) in [5.41, 5.74) is 2.22. The quantitative estimate of drug-likeness (QED) is 0.698. The summed E-state index contributed by atoms with van der Waals surface area (Å²) in [5, 5.41) is 19.9. The van der Waals surface area contributed by atoms with Crippen molar-refractivity contribution in [2.45, 2.75) is 19.8 Å². The number of fused-ring (bicyclic) bond motifs is 1. The van der Waals surface area contributed by atoms with Gasteiger partial charge in [-0.2, -0.15) is 0 Å². The zero-order valence-corrected chi connectivity index (χ0v) is 7.57. The first-order chi connectivity index (χ1) is 6.20. The maximum Gasteiger partial charge on any atom is 0.154 e. The fourth-order valence-electron chi connectivity index (χ4n) is 1.38. The predicted molar refractivity (Wildman–Crippen MR) is 49.6 cm³/mol. The first kappa shape index (κ1) is 8.04. The van der Waals surface area contributed by atoms with Crippen molar-refractivity contribution in [1.82, 2.24) is 15.4 Å². The van der Waals surface area contributed by atoms with Crippen LogP contribution in [0.5, 0.6) is 5.75 Å². The fraction of sp³-hybridized carbons (Fsp3) is 0.333. The van der Waals surface area contributed by atoms with Crippen LogP contribution in [-0.2, 0) is 0 Å². The molecule has 0 spiro atoms. The summed E-state index contributed by atoms with van der Waals surface area (Å²) in [5.74, 6) is 0.530. The zero-order valence-electron chi connectivity index (χ0n) is 7.57. The summed E-state index contributed by atoms with van der Waals surface area (Å²) in [6.07, 6.45) is 0. The van der Waals surface area contributed by atoms with Crippen molar-refractivity contribution in [2.75, 3.05) is 0 Å². The van der Waals surface area contributed by atoms with Gasteiger partial charge >= 0.3 is 0 Å². The highest BCUT2D eigenvalue weighted by Gasteiger charge is 2.11. The molecule has 2 aromatic rings. The van der Waals surface area contributed by atoms with Crippen molar-refractivity contribution >= 4 is 11.0 Å². The number of phenolic OH excluding ortho intramolecular Hbond substituents is 1. The van der Waals surface area contributed by atoms with E-state index in [0.717, 1.165) is 11.1 Å². The van der Waals surface area contributed by atoms with Crippen LogP contribution in [0.15, 0.2) is 12.1 Å². The van der Waals surface area contributed by atoms with E-state index in [0.29, 0.717) is 11.4 Å². The molecule has 0 unspecified atom stereocenters. The topological polar surface area (TPSA) is 61.8 Å². The number of aromatic amines is 1. The molecule has 0 aliphatic rings. The molecule has 13 heavy (non-hydrogen) atoms. The van der Waals surface area contributed by atoms with E-state index in [1.165, 1.54) is 0 Å². The second-order valence-electron chi connectivity index (χ2n) is 3.37. The molecule has 0 fully saturated rings. The van der Waals surface area contributed by atoms with Crippen LogP contribution >= 0.6 is 0 Å². The number of nitrogens with one attached hydrogen (secondary N) is 1. The number of hydrogen-bond donors (Lipinski definition) is 2. The van der Waals surface area contributed by atoms with E-state index in [-0.39, 0.29) is 5.75 Å². The second-order valence-corrected chi connectivity index (χ2v) is 3.37. The third kappa shape index (κ3) is 1.14. The Labute approximate surface area is 75.6 Å². The van der Waals surface area contributed by atoms with E-state index in [2.05, 4.69) is 15.4 Å². The smallest absolute Gasteiger partial charge is 0.154 e. The Morgan fingerprint density at radius 1 is 1.38 bits per heavy atom. The third-order valence-electron chi connectivity index (χ3n) is 2.12. The minimum atomic E-state index is 0.237. The maximum atomic E-state index is 9.79. The van der Waals surface area contributed by atoms with Crippen molar-refractivity contribution in [3.05, 3.63) is 17.7 Å². The van der Waals surface area contributed by atoms with Gasteiger partial charge in [-0.1, -0.05) is 25.1 Å². The molecule has 0 aliphatic carbocycles. The highest BCUT2D eigenvalue weighted by atomic mass is 16.3. The van der Waals surface area contributed by atoms with Crippen molar-refractivity contribution in [3.8, 4) is 5.75 Å². The van der Waals surface area contributed by atoms with Crippen LogP contribution in [0.25, 0.3) is 11.0 Å². The SMILES string of the molecule is CC(C)c1ccc2[nH]nnc2c1O. The molecule has 1 aromatic heterocycles. The molecule has 0 amide bonds. The highest BCUT2D eigenvalue weighted by Crippen LogP contribution is 2.30. The monoisotopic (exact) mass is 177 g/mol. The van der Waals surface area contributed by atoms with Gasteiger partial charge in [0.05, 0.1) is 5.52 Å². The van der Waals surface area contributed by atoms with E-state index in [1.54, 1.807) is 0 Å². The molecule has 0 saturated heterocycles. The molecule has 1 aromatic carbocycles. The van der Waals surface area contributed by atoms with Crippen LogP contribution < -0.4 is 0 Å². The Balaban J connectivity index is 2.73. The molecule has 0 bridgehead atoms. The van der Waals surface area contributed by atoms with E-state index in [4.69, 9.17) is 0 Å². The van der Waals surface area contributed by atoms with Gasteiger partial charge in [0.15, 0.2) is 5.52 Å². The fourth-order valence-corrected chi connectivity index (χ4v) is 1.38. The van der Waals surface area contributed by atoms with Crippen LogP contribution in [0.3, 0.4) is 0 Å². The first-order valence-electron chi connectivity index (χ1n) is 4.22. The van der Waals surface area contributed by atoms with Crippen LogP contribution in [0.4, 0.5) is 0 Å². The van der Waals surface area contributed by atoms with Gasteiger partial charge in [0, 0.05) is 0 Å². The standard InChI is InChI=1S/C9H11N3O/c1-5(2)6-3-4-7-8(9(6)13)11-12-10-7/h3-5,13H,1-2H3,(H,10,11,12). The van der Waals surface area contributed by atoms with Crippen LogP contribution in [0, 0.1) is 0 Å². The molecule has 2 N–H and O–H groups in total. The van der Waals surface area contributed by atoms with Crippen molar-refractivity contribution in [1.29, 1.82) is 0 Å². The molecule has 0 aliphatic heterocycles. The number of nitrogens with zero attached hydrogens (tertiary/aromatic N) is 2. The minimum absolute atomic E-state index is 0.237. The predicted octanol–water partition coefficient (Wildman–Crippen LogP) is 1.79. The Morgan fingerprint density at radius 3 is 2.85 bits per heavy atom. The summed E-state index contributed by atoms with van der Waals surface area (Å²) < 4.78 is 0. The minimum Gasteiger partial charge on any atom is -0.505 e. The molecule has 0 radical (unpaired) electrons. The molecular formula is C9H11N3O. The molecule has 0 atom stereocenters. The summed E-state index contributed by atoms with van der Waals surface area (Å²) in [4.78, 5) is 0. The van der Waals surface area contributed by atoms with Gasteiger partial charge in [0.1, 0.15) is 5.75 Å². The normalized spacial score (nSPS) is 11.3. The summed E-state index contributed by atoms with van der Waals surface area (Å²) in [6, 6.07) is 3.77. The lowest BCUT2D eigenvalue weighted by atomic mass is 10.0. The Morgan fingerprint density at radius 2 is 2.15 bits per heavy atom. The number of phenols is 1. The molecule has 0 saturated carbocycles. The number of H-pyrrole nitrogens is 1. The van der Waals surface area contributed by atoms with Crippen molar-refractivity contribution in [3.63, 3.8) is 0 Å². The van der Waals surface area contributed by atoms with Gasteiger partial charge in [-0.05, 0) is 17.5 Å². The van der Waals surface area contributed by atoms with Crippen LogP contribution in [0.2, 0.25) is 0 Å². The first-order valence-corrected chi connectivity index (χ1v) is 4.22. The maximum absolute atomic E-state index is 9.79. The average molecular weight is 177 g/mol. The Kier molecular flexibility index (Phi) is 1.69. The lowest BCUT2D eigenvalue weighted by Crippen LogP contribution is -1.88. The zero-order chi connectivity index (χ0) is 9.42. The Hall–Kier alpha value is -1.58. The number of benzene rings is 1. The van der Waals surface area contributed by atoms with Crippen molar-refractivity contribution < 1.29 is 5.11 Å². The molecule has 2 rings (SSSR count). The lowest BCUT2D eigenvalue weighted by molar-refractivity contribution is 0.470. The summed E-state index contributed by atoms with van der Waals surface area (Å²) in [6.45, 7) is 4.06. The number of rotatable bonds is 1. The number of hydrogen-bond acceptors (Lipinski definition) is 3. The molecule has 1 heterocycles. The van der Waals surface area contributed by atoms with Gasteiger partial charge in [0.2, 0.25) is 0 Å². The second kappa shape index (κ2) is 2.73. The van der Waals surface area contributed by atoms with Gasteiger partial charge in [-0.15, -0.1) is 5.10 Å². The largest absolute Gasteiger partial charge is 0.505 e. The average Bonchev–Trinajstić information content (AvgIpc) is 2.52. The number of aromatic nitrogens is 3. The van der Waals surface area contributed by atoms with Gasteiger partial charge < -0.3 is 5.11 Å². The van der Waals surface area contributed by atoms with Crippen LogP contribution in [0.1, 0.15) is 25.3 Å². The van der Waals surface area contributed by atoms with E-state index in [9.17, 15) is 5.11 Å². The highest BCUT2D eigenvalue weighted by molar-refractivity contribution is 5.81. The lowest BCUT2D eigenvalue weighted by Gasteiger charge is -2.06. The number of aromatic hydroxyl groups is 1. The molecule has 4 nitrogen and oxygen atoms in total. The van der Waals surface area contributed by atoms with E-state index >= 15 is 0 Å². The van der Waals surface area contributed by atoms with Crippen molar-refractivity contribution in [2.24, 2.45) is 0 Å². The van der Waals surface area contributed by atoms with Gasteiger partial charge in [0.25, 0.3) is 0 Å². The van der Waals surface area contributed by atoms with E-state index in [1.807, 2.05) is 26.0 Å². The summed E-state index contributed by atoms with van der Waals surface area (Å²) >= 11 is 0. The Bertz CT molecular complexity index is 433. The molecular weight excluding hydrogens is 166 g/mol.